The summed E-state index contributed by atoms with van der Waals surface area (Å²) in [5.41, 5.74) is 10.8. The Balaban J connectivity index is 0.00000300. The Labute approximate surface area is 178 Å². The third-order valence-electron chi connectivity index (χ3n) is 4.81. The summed E-state index contributed by atoms with van der Waals surface area (Å²) in [4.78, 5) is 14.9. The Morgan fingerprint density at radius 2 is 1.72 bits per heavy atom. The van der Waals surface area contributed by atoms with Gasteiger partial charge in [0.25, 0.3) is 5.91 Å². The minimum atomic E-state index is 0. The number of aromatic nitrogens is 2. The summed E-state index contributed by atoms with van der Waals surface area (Å²) >= 11 is 0. The largest absolute Gasteiger partial charge is 0.337 e. The smallest absolute Gasteiger partial charge is 0.253 e. The number of amides is 1. The SMILES string of the molecule is Cc1cc(C)n(Cc2cccc(C(=O)N(CCN)CCc3ccccc3)c2)n1.Cl. The van der Waals surface area contributed by atoms with Gasteiger partial charge in [-0.15, -0.1) is 12.4 Å². The van der Waals surface area contributed by atoms with E-state index in [2.05, 4.69) is 23.3 Å². The Hall–Kier alpha value is -2.63. The molecule has 0 aliphatic heterocycles. The maximum absolute atomic E-state index is 13.1. The van der Waals surface area contributed by atoms with Crippen LogP contribution in [0.1, 0.15) is 32.9 Å². The number of benzene rings is 2. The molecule has 2 aromatic carbocycles. The molecule has 5 nitrogen and oxygen atoms in total. The molecule has 6 heteroatoms. The lowest BCUT2D eigenvalue weighted by atomic mass is 10.1. The third kappa shape index (κ3) is 6.17. The van der Waals surface area contributed by atoms with E-state index in [-0.39, 0.29) is 18.3 Å². The van der Waals surface area contributed by atoms with Gasteiger partial charge in [0.2, 0.25) is 0 Å². The fraction of sp³-hybridized carbons (Fsp3) is 0.304. The van der Waals surface area contributed by atoms with Gasteiger partial charge in [-0.05, 0) is 49.6 Å². The van der Waals surface area contributed by atoms with Gasteiger partial charge >= 0.3 is 0 Å². The van der Waals surface area contributed by atoms with Gasteiger partial charge in [0.15, 0.2) is 0 Å². The first kappa shape index (κ1) is 22.7. The van der Waals surface area contributed by atoms with Crippen molar-refractivity contribution in [2.45, 2.75) is 26.8 Å². The molecule has 3 rings (SSSR count). The summed E-state index contributed by atoms with van der Waals surface area (Å²) in [6, 6.07) is 20.1. The predicted molar refractivity (Wildman–Crippen MR) is 120 cm³/mol. The summed E-state index contributed by atoms with van der Waals surface area (Å²) < 4.78 is 1.96. The quantitative estimate of drug-likeness (QED) is 0.614. The average Bonchev–Trinajstić information content (AvgIpc) is 3.02. The molecular weight excluding hydrogens is 384 g/mol. The summed E-state index contributed by atoms with van der Waals surface area (Å²) in [5, 5.41) is 4.51. The molecule has 29 heavy (non-hydrogen) atoms. The topological polar surface area (TPSA) is 64.2 Å². The maximum Gasteiger partial charge on any atom is 0.253 e. The zero-order valence-corrected chi connectivity index (χ0v) is 17.9. The van der Waals surface area contributed by atoms with Crippen LogP contribution in [-0.2, 0) is 13.0 Å². The maximum atomic E-state index is 13.1. The highest BCUT2D eigenvalue weighted by molar-refractivity contribution is 5.94. The van der Waals surface area contributed by atoms with Gasteiger partial charge in [-0.3, -0.25) is 9.48 Å². The molecule has 3 aromatic rings. The monoisotopic (exact) mass is 412 g/mol. The van der Waals surface area contributed by atoms with Gasteiger partial charge < -0.3 is 10.6 Å². The van der Waals surface area contributed by atoms with E-state index in [1.165, 1.54) is 5.56 Å². The Kier molecular flexibility index (Phi) is 8.43. The third-order valence-corrected chi connectivity index (χ3v) is 4.81. The highest BCUT2D eigenvalue weighted by atomic mass is 35.5. The lowest BCUT2D eigenvalue weighted by Crippen LogP contribution is -2.37. The van der Waals surface area contributed by atoms with Crippen LogP contribution in [-0.4, -0.2) is 40.2 Å². The van der Waals surface area contributed by atoms with Gasteiger partial charge in [0.05, 0.1) is 12.2 Å². The van der Waals surface area contributed by atoms with Crippen molar-refractivity contribution in [2.75, 3.05) is 19.6 Å². The number of carbonyl (C=O) groups excluding carboxylic acids is 1. The number of rotatable bonds is 8. The fourth-order valence-electron chi connectivity index (χ4n) is 3.37. The molecule has 0 aliphatic rings. The van der Waals surface area contributed by atoms with Crippen LogP contribution in [0.15, 0.2) is 60.7 Å². The van der Waals surface area contributed by atoms with Crippen molar-refractivity contribution in [1.29, 1.82) is 0 Å². The van der Waals surface area contributed by atoms with Crippen LogP contribution in [0.3, 0.4) is 0 Å². The number of nitrogens with two attached hydrogens (primary N) is 1. The van der Waals surface area contributed by atoms with Crippen molar-refractivity contribution >= 4 is 18.3 Å². The van der Waals surface area contributed by atoms with E-state index in [4.69, 9.17) is 5.73 Å². The molecule has 0 fully saturated rings. The molecule has 0 unspecified atom stereocenters. The van der Waals surface area contributed by atoms with Gasteiger partial charge in [-0.1, -0.05) is 42.5 Å². The highest BCUT2D eigenvalue weighted by Crippen LogP contribution is 2.13. The molecule has 0 saturated heterocycles. The van der Waals surface area contributed by atoms with Crippen LogP contribution in [0, 0.1) is 13.8 Å². The predicted octanol–water partition coefficient (Wildman–Crippen LogP) is 3.61. The second kappa shape index (κ2) is 10.8. The Morgan fingerprint density at radius 3 is 2.38 bits per heavy atom. The van der Waals surface area contributed by atoms with E-state index in [1.54, 1.807) is 0 Å². The van der Waals surface area contributed by atoms with Crippen molar-refractivity contribution in [1.82, 2.24) is 14.7 Å². The molecular formula is C23H29ClN4O. The minimum Gasteiger partial charge on any atom is -0.337 e. The number of halogens is 1. The van der Waals surface area contributed by atoms with Crippen LogP contribution in [0.5, 0.6) is 0 Å². The van der Waals surface area contributed by atoms with E-state index >= 15 is 0 Å². The number of hydrogen-bond donors (Lipinski definition) is 1. The molecule has 154 valence electrons. The van der Waals surface area contributed by atoms with Gasteiger partial charge in [0.1, 0.15) is 0 Å². The van der Waals surface area contributed by atoms with Crippen molar-refractivity contribution in [3.05, 3.63) is 88.7 Å². The van der Waals surface area contributed by atoms with Crippen LogP contribution >= 0.6 is 12.4 Å². The van der Waals surface area contributed by atoms with E-state index in [0.29, 0.717) is 31.7 Å². The minimum absolute atomic E-state index is 0. The normalized spacial score (nSPS) is 10.4. The van der Waals surface area contributed by atoms with Crippen LogP contribution < -0.4 is 5.73 Å². The number of hydrogen-bond acceptors (Lipinski definition) is 3. The van der Waals surface area contributed by atoms with Gasteiger partial charge in [0, 0.05) is 30.9 Å². The summed E-state index contributed by atoms with van der Waals surface area (Å²) in [6.07, 6.45) is 0.817. The van der Waals surface area contributed by atoms with Crippen LogP contribution in [0.25, 0.3) is 0 Å². The van der Waals surface area contributed by atoms with Crippen LogP contribution in [0.2, 0.25) is 0 Å². The lowest BCUT2D eigenvalue weighted by molar-refractivity contribution is 0.0762. The average molecular weight is 413 g/mol. The number of aryl methyl sites for hydroxylation is 2. The van der Waals surface area contributed by atoms with E-state index in [1.807, 2.05) is 65.9 Å². The molecule has 1 aromatic heterocycles. The Morgan fingerprint density at radius 1 is 1.00 bits per heavy atom. The zero-order chi connectivity index (χ0) is 19.9. The molecule has 1 amide bonds. The molecule has 0 bridgehead atoms. The first-order valence-corrected chi connectivity index (χ1v) is 9.70. The molecule has 2 N–H and O–H groups in total. The standard InChI is InChI=1S/C23H28N4O.ClH/c1-18-15-19(2)27(25-18)17-21-9-6-10-22(16-21)23(28)26(14-12-24)13-11-20-7-4-3-5-8-20;/h3-10,15-16H,11-14,17,24H2,1-2H3;1H. The molecule has 0 saturated carbocycles. The molecule has 0 atom stereocenters. The number of carbonyl (C=O) groups is 1. The summed E-state index contributed by atoms with van der Waals surface area (Å²) in [7, 11) is 0. The molecule has 0 aliphatic carbocycles. The van der Waals surface area contributed by atoms with Gasteiger partial charge in [-0.2, -0.15) is 5.10 Å². The van der Waals surface area contributed by atoms with Crippen molar-refractivity contribution in [3.63, 3.8) is 0 Å². The molecule has 0 spiro atoms. The summed E-state index contributed by atoms with van der Waals surface area (Å²) in [5.74, 6) is 0.0246. The first-order valence-electron chi connectivity index (χ1n) is 9.70. The van der Waals surface area contributed by atoms with Crippen molar-refractivity contribution < 1.29 is 4.79 Å². The summed E-state index contributed by atoms with van der Waals surface area (Å²) in [6.45, 7) is 6.34. The Bertz CT molecular complexity index is 924. The fourth-order valence-corrected chi connectivity index (χ4v) is 3.37. The van der Waals surface area contributed by atoms with E-state index in [0.717, 1.165) is 23.4 Å². The van der Waals surface area contributed by atoms with E-state index in [9.17, 15) is 4.79 Å². The molecule has 0 radical (unpaired) electrons. The van der Waals surface area contributed by atoms with Gasteiger partial charge in [-0.25, -0.2) is 0 Å². The number of nitrogens with zero attached hydrogens (tertiary/aromatic N) is 3. The second-order valence-electron chi connectivity index (χ2n) is 7.10. The van der Waals surface area contributed by atoms with Crippen LogP contribution in [0.4, 0.5) is 0 Å². The first-order chi connectivity index (χ1) is 13.6. The zero-order valence-electron chi connectivity index (χ0n) is 17.0. The van der Waals surface area contributed by atoms with Crippen molar-refractivity contribution in [2.24, 2.45) is 5.73 Å². The second-order valence-corrected chi connectivity index (χ2v) is 7.10. The molecule has 1 heterocycles. The lowest BCUT2D eigenvalue weighted by Gasteiger charge is -2.22. The van der Waals surface area contributed by atoms with Crippen molar-refractivity contribution in [3.8, 4) is 0 Å². The highest BCUT2D eigenvalue weighted by Gasteiger charge is 2.16. The van der Waals surface area contributed by atoms with E-state index < -0.39 is 0 Å².